The topological polar surface area (TPSA) is 97.7 Å². The number of aliphatic hydroxyl groups excluding tert-OH is 1. The summed E-state index contributed by atoms with van der Waals surface area (Å²) in [6.45, 7) is 2.04. The Morgan fingerprint density at radius 1 is 1.38 bits per heavy atom. The van der Waals surface area contributed by atoms with E-state index < -0.39 is 5.91 Å². The van der Waals surface area contributed by atoms with Crippen LogP contribution in [0.25, 0.3) is 0 Å². The molecule has 0 spiro atoms. The fraction of sp³-hybridized carbons (Fsp3) is 0.267. The third-order valence-corrected chi connectivity index (χ3v) is 3.05. The van der Waals surface area contributed by atoms with Gasteiger partial charge in [-0.15, -0.1) is 0 Å². The molecule has 0 aliphatic heterocycles. The second-order valence-corrected chi connectivity index (χ2v) is 4.56. The van der Waals surface area contributed by atoms with E-state index in [1.165, 1.54) is 0 Å². The average Bonchev–Trinajstić information content (AvgIpc) is 2.87. The van der Waals surface area contributed by atoms with E-state index in [9.17, 15) is 4.79 Å². The molecule has 6 heteroatoms. The lowest BCUT2D eigenvalue weighted by Gasteiger charge is -2.05. The summed E-state index contributed by atoms with van der Waals surface area (Å²) in [5, 5.41) is 8.85. The largest absolute Gasteiger partial charge is 0.486 e. The SMILES string of the molecule is Cc1oc(COc2ccc(CCO)cc2)cc1C(=O)NN. The minimum absolute atomic E-state index is 0.123. The Hall–Kier alpha value is -2.31. The summed E-state index contributed by atoms with van der Waals surface area (Å²) in [5.41, 5.74) is 3.51. The molecule has 0 saturated heterocycles. The number of rotatable bonds is 6. The van der Waals surface area contributed by atoms with Crippen molar-refractivity contribution in [2.24, 2.45) is 5.84 Å². The zero-order chi connectivity index (χ0) is 15.2. The van der Waals surface area contributed by atoms with Gasteiger partial charge in [0, 0.05) is 6.61 Å². The summed E-state index contributed by atoms with van der Waals surface area (Å²) in [4.78, 5) is 11.5. The molecule has 1 amide bonds. The Morgan fingerprint density at radius 3 is 2.71 bits per heavy atom. The predicted molar refractivity (Wildman–Crippen MR) is 76.7 cm³/mol. The van der Waals surface area contributed by atoms with Gasteiger partial charge < -0.3 is 14.3 Å². The van der Waals surface area contributed by atoms with Crippen LogP contribution in [-0.4, -0.2) is 17.6 Å². The molecule has 1 heterocycles. The molecule has 1 aromatic heterocycles. The van der Waals surface area contributed by atoms with E-state index in [4.69, 9.17) is 20.1 Å². The molecule has 0 unspecified atom stereocenters. The maximum Gasteiger partial charge on any atom is 0.268 e. The molecule has 0 saturated carbocycles. The van der Waals surface area contributed by atoms with Crippen molar-refractivity contribution in [3.8, 4) is 5.75 Å². The number of ether oxygens (including phenoxy) is 1. The maximum atomic E-state index is 11.5. The summed E-state index contributed by atoms with van der Waals surface area (Å²) < 4.78 is 11.0. The molecule has 21 heavy (non-hydrogen) atoms. The predicted octanol–water partition coefficient (Wildman–Crippen LogP) is 1.31. The van der Waals surface area contributed by atoms with Gasteiger partial charge >= 0.3 is 0 Å². The summed E-state index contributed by atoms with van der Waals surface area (Å²) in [6, 6.07) is 9.05. The standard InChI is InChI=1S/C15H18N2O4/c1-10-14(15(19)17-16)8-13(21-10)9-20-12-4-2-11(3-5-12)6-7-18/h2-5,8,18H,6-7,9,16H2,1H3,(H,17,19). The number of aliphatic hydroxyl groups is 1. The highest BCUT2D eigenvalue weighted by Crippen LogP contribution is 2.18. The summed E-state index contributed by atoms with van der Waals surface area (Å²) in [7, 11) is 0. The molecular formula is C15H18N2O4. The number of amides is 1. The van der Waals surface area contributed by atoms with Gasteiger partial charge in [0.25, 0.3) is 5.91 Å². The highest BCUT2D eigenvalue weighted by molar-refractivity contribution is 5.94. The van der Waals surface area contributed by atoms with Crippen LogP contribution in [0.3, 0.4) is 0 Å². The lowest BCUT2D eigenvalue weighted by atomic mass is 10.1. The number of hydrogen-bond donors (Lipinski definition) is 3. The first-order valence-corrected chi connectivity index (χ1v) is 6.57. The number of aryl methyl sites for hydroxylation is 1. The van der Waals surface area contributed by atoms with Crippen LogP contribution in [0.4, 0.5) is 0 Å². The molecule has 0 fully saturated rings. The lowest BCUT2D eigenvalue weighted by molar-refractivity contribution is 0.0952. The van der Waals surface area contributed by atoms with E-state index in [2.05, 4.69) is 5.43 Å². The van der Waals surface area contributed by atoms with Crippen molar-refractivity contribution in [2.45, 2.75) is 20.0 Å². The summed E-state index contributed by atoms with van der Waals surface area (Å²) >= 11 is 0. The molecule has 112 valence electrons. The first-order chi connectivity index (χ1) is 10.1. The Morgan fingerprint density at radius 2 is 2.10 bits per heavy atom. The number of carbonyl (C=O) groups is 1. The molecule has 0 radical (unpaired) electrons. The number of benzene rings is 1. The van der Waals surface area contributed by atoms with Crippen LogP contribution in [0.15, 0.2) is 34.7 Å². The van der Waals surface area contributed by atoms with E-state index in [-0.39, 0.29) is 13.2 Å². The van der Waals surface area contributed by atoms with Gasteiger partial charge in [-0.2, -0.15) is 0 Å². The zero-order valence-corrected chi connectivity index (χ0v) is 11.8. The van der Waals surface area contributed by atoms with E-state index in [1.807, 2.05) is 24.3 Å². The second-order valence-electron chi connectivity index (χ2n) is 4.56. The number of hydrogen-bond acceptors (Lipinski definition) is 5. The van der Waals surface area contributed by atoms with Crippen molar-refractivity contribution >= 4 is 5.91 Å². The Bertz CT molecular complexity index is 605. The first kappa shape index (κ1) is 15.1. The number of hydrazine groups is 1. The third kappa shape index (κ3) is 3.84. The van der Waals surface area contributed by atoms with Crippen LogP contribution < -0.4 is 16.0 Å². The van der Waals surface area contributed by atoms with Gasteiger partial charge in [0.05, 0.1) is 5.56 Å². The monoisotopic (exact) mass is 290 g/mol. The van der Waals surface area contributed by atoms with Crippen molar-refractivity contribution in [1.29, 1.82) is 0 Å². The fourth-order valence-electron chi connectivity index (χ4n) is 1.95. The van der Waals surface area contributed by atoms with Crippen molar-refractivity contribution in [2.75, 3.05) is 6.61 Å². The molecule has 6 nitrogen and oxygen atoms in total. The number of carbonyl (C=O) groups excluding carboxylic acids is 1. The highest BCUT2D eigenvalue weighted by atomic mass is 16.5. The number of nitrogen functional groups attached to an aromatic ring is 1. The van der Waals surface area contributed by atoms with E-state index >= 15 is 0 Å². The lowest BCUT2D eigenvalue weighted by Crippen LogP contribution is -2.30. The van der Waals surface area contributed by atoms with Gasteiger partial charge in [-0.25, -0.2) is 5.84 Å². The molecule has 0 aliphatic carbocycles. The molecule has 2 aromatic rings. The summed E-state index contributed by atoms with van der Waals surface area (Å²) in [5.74, 6) is 6.44. The van der Waals surface area contributed by atoms with Crippen LogP contribution in [0.1, 0.15) is 27.4 Å². The number of nitrogens with two attached hydrogens (primary N) is 1. The Labute approximate surface area is 122 Å². The van der Waals surface area contributed by atoms with Crippen molar-refractivity contribution in [1.82, 2.24) is 5.43 Å². The number of furan rings is 1. The molecule has 0 atom stereocenters. The third-order valence-electron chi connectivity index (χ3n) is 3.05. The van der Waals surface area contributed by atoms with Crippen LogP contribution in [-0.2, 0) is 13.0 Å². The van der Waals surface area contributed by atoms with Gasteiger partial charge in [-0.3, -0.25) is 10.2 Å². The maximum absolute atomic E-state index is 11.5. The van der Waals surface area contributed by atoms with E-state index in [0.29, 0.717) is 29.3 Å². The van der Waals surface area contributed by atoms with Gasteiger partial charge in [0.2, 0.25) is 0 Å². The van der Waals surface area contributed by atoms with Crippen LogP contribution >= 0.6 is 0 Å². The number of nitrogens with one attached hydrogen (secondary N) is 1. The first-order valence-electron chi connectivity index (χ1n) is 6.57. The smallest absolute Gasteiger partial charge is 0.268 e. The van der Waals surface area contributed by atoms with Crippen LogP contribution in [0.2, 0.25) is 0 Å². The van der Waals surface area contributed by atoms with E-state index in [1.54, 1.807) is 13.0 Å². The van der Waals surface area contributed by atoms with Crippen LogP contribution in [0.5, 0.6) is 5.75 Å². The fourth-order valence-corrected chi connectivity index (χ4v) is 1.95. The summed E-state index contributed by atoms with van der Waals surface area (Å²) in [6.07, 6.45) is 0.620. The molecule has 2 rings (SSSR count). The average molecular weight is 290 g/mol. The van der Waals surface area contributed by atoms with Gasteiger partial charge in [-0.05, 0) is 37.1 Å². The van der Waals surface area contributed by atoms with Crippen LogP contribution in [0, 0.1) is 6.92 Å². The van der Waals surface area contributed by atoms with E-state index in [0.717, 1.165) is 5.56 Å². The molecule has 4 N–H and O–H groups in total. The van der Waals surface area contributed by atoms with Gasteiger partial charge in [-0.1, -0.05) is 12.1 Å². The van der Waals surface area contributed by atoms with Crippen molar-refractivity contribution in [3.63, 3.8) is 0 Å². The van der Waals surface area contributed by atoms with Gasteiger partial charge in [0.15, 0.2) is 0 Å². The molecular weight excluding hydrogens is 272 g/mol. The minimum Gasteiger partial charge on any atom is -0.486 e. The van der Waals surface area contributed by atoms with Gasteiger partial charge in [0.1, 0.15) is 23.9 Å². The Kier molecular flexibility index (Phi) is 4.97. The molecule has 0 bridgehead atoms. The van der Waals surface area contributed by atoms with Crippen molar-refractivity contribution in [3.05, 3.63) is 53.0 Å². The zero-order valence-electron chi connectivity index (χ0n) is 11.8. The minimum atomic E-state index is -0.393. The normalized spacial score (nSPS) is 10.4. The highest BCUT2D eigenvalue weighted by Gasteiger charge is 2.14. The van der Waals surface area contributed by atoms with Crippen molar-refractivity contribution < 1.29 is 19.1 Å². The quantitative estimate of drug-likeness (QED) is 0.423. The second kappa shape index (κ2) is 6.92. The molecule has 0 aliphatic rings. The Balaban J connectivity index is 1.98. The molecule has 1 aromatic carbocycles.